The highest BCUT2D eigenvalue weighted by atomic mass is 16.3. The summed E-state index contributed by atoms with van der Waals surface area (Å²) in [6.07, 6.45) is 6.45. The van der Waals surface area contributed by atoms with Gasteiger partial charge in [-0.05, 0) is 19.8 Å². The summed E-state index contributed by atoms with van der Waals surface area (Å²) in [4.78, 5) is 25.7. The molecule has 2 aliphatic rings. The molecule has 1 saturated carbocycles. The van der Waals surface area contributed by atoms with Gasteiger partial charge in [-0.3, -0.25) is 14.5 Å². The maximum absolute atomic E-state index is 12.4. The summed E-state index contributed by atoms with van der Waals surface area (Å²) in [6.45, 7) is 1.58. The number of nitrogens with zero attached hydrogens (tertiary/aromatic N) is 1. The second-order valence-corrected chi connectivity index (χ2v) is 5.47. The summed E-state index contributed by atoms with van der Waals surface area (Å²) in [5.74, 6) is -0.135. The molecule has 2 rings (SSSR count). The van der Waals surface area contributed by atoms with E-state index in [1.807, 2.05) is 0 Å². The van der Waals surface area contributed by atoms with Crippen LogP contribution in [0.15, 0.2) is 0 Å². The van der Waals surface area contributed by atoms with E-state index in [2.05, 4.69) is 0 Å². The van der Waals surface area contributed by atoms with Gasteiger partial charge < -0.3 is 5.11 Å². The number of aliphatic hydroxyl groups excluding tert-OH is 1. The summed E-state index contributed by atoms with van der Waals surface area (Å²) in [5.41, 5.74) is -0.434. The third-order valence-electron chi connectivity index (χ3n) is 4.20. The van der Waals surface area contributed by atoms with E-state index in [1.165, 1.54) is 17.7 Å². The maximum atomic E-state index is 12.4. The van der Waals surface area contributed by atoms with Gasteiger partial charge in [0, 0.05) is 6.42 Å². The summed E-state index contributed by atoms with van der Waals surface area (Å²) >= 11 is 0. The van der Waals surface area contributed by atoms with Crippen LogP contribution in [0.5, 0.6) is 0 Å². The van der Waals surface area contributed by atoms with Crippen LogP contribution in [0, 0.1) is 5.41 Å². The van der Waals surface area contributed by atoms with Crippen LogP contribution in [-0.4, -0.2) is 34.5 Å². The van der Waals surface area contributed by atoms with E-state index in [9.17, 15) is 9.59 Å². The number of carbonyl (C=O) groups is 2. The molecule has 1 heterocycles. The molecule has 1 N–H and O–H groups in total. The first-order chi connectivity index (χ1) is 8.10. The number of hydrogen-bond acceptors (Lipinski definition) is 3. The van der Waals surface area contributed by atoms with Crippen LogP contribution in [0.1, 0.15) is 51.9 Å². The Morgan fingerprint density at radius 1 is 1.24 bits per heavy atom. The molecule has 1 aliphatic carbocycles. The molecular weight excluding hydrogens is 218 g/mol. The molecule has 0 unspecified atom stereocenters. The van der Waals surface area contributed by atoms with Crippen molar-refractivity contribution in [3.05, 3.63) is 0 Å². The molecule has 0 aromatic carbocycles. The van der Waals surface area contributed by atoms with Gasteiger partial charge in [-0.15, -0.1) is 0 Å². The lowest BCUT2D eigenvalue weighted by atomic mass is 9.79. The topological polar surface area (TPSA) is 57.6 Å². The van der Waals surface area contributed by atoms with Crippen LogP contribution in [0.4, 0.5) is 0 Å². The van der Waals surface area contributed by atoms with Crippen molar-refractivity contribution < 1.29 is 14.7 Å². The highest BCUT2D eigenvalue weighted by molar-refractivity contribution is 6.06. The molecule has 1 saturated heterocycles. The van der Waals surface area contributed by atoms with E-state index in [4.69, 9.17) is 5.11 Å². The number of likely N-dealkylation sites (tertiary alicyclic amines) is 1. The lowest BCUT2D eigenvalue weighted by molar-refractivity contribution is -0.145. The summed E-state index contributed by atoms with van der Waals surface area (Å²) in [6, 6.07) is -0.377. The number of imide groups is 1. The van der Waals surface area contributed by atoms with E-state index in [0.717, 1.165) is 25.7 Å². The van der Waals surface area contributed by atoms with Gasteiger partial charge in [-0.1, -0.05) is 25.7 Å². The average Bonchev–Trinajstić information content (AvgIpc) is 2.48. The van der Waals surface area contributed by atoms with E-state index in [-0.39, 0.29) is 24.5 Å². The van der Waals surface area contributed by atoms with Gasteiger partial charge in [-0.25, -0.2) is 0 Å². The SMILES string of the molecule is C[C@H](CO)N1C(=O)CC2(CCCCCC2)C1=O. The molecule has 0 aromatic heterocycles. The fourth-order valence-electron chi connectivity index (χ4n) is 3.14. The molecule has 96 valence electrons. The Morgan fingerprint density at radius 3 is 2.35 bits per heavy atom. The summed E-state index contributed by atoms with van der Waals surface area (Å²) in [5, 5.41) is 9.13. The molecule has 0 radical (unpaired) electrons. The largest absolute Gasteiger partial charge is 0.394 e. The van der Waals surface area contributed by atoms with Gasteiger partial charge in [0.05, 0.1) is 18.1 Å². The van der Waals surface area contributed by atoms with Crippen molar-refractivity contribution >= 4 is 11.8 Å². The molecule has 2 fully saturated rings. The van der Waals surface area contributed by atoms with Gasteiger partial charge in [-0.2, -0.15) is 0 Å². The second-order valence-electron chi connectivity index (χ2n) is 5.47. The van der Waals surface area contributed by atoms with Gasteiger partial charge in [0.1, 0.15) is 0 Å². The highest BCUT2D eigenvalue weighted by Crippen LogP contribution is 2.44. The van der Waals surface area contributed by atoms with Gasteiger partial charge >= 0.3 is 0 Å². The minimum absolute atomic E-state index is 0.0362. The molecule has 0 aromatic rings. The highest BCUT2D eigenvalue weighted by Gasteiger charge is 2.51. The van der Waals surface area contributed by atoms with Crippen LogP contribution >= 0.6 is 0 Å². The van der Waals surface area contributed by atoms with Crippen molar-refractivity contribution in [1.82, 2.24) is 4.90 Å². The summed E-state index contributed by atoms with van der Waals surface area (Å²) < 4.78 is 0. The Bertz CT molecular complexity index is 319. The van der Waals surface area contributed by atoms with Gasteiger partial charge in [0.25, 0.3) is 0 Å². The number of aliphatic hydroxyl groups is 1. The Kier molecular flexibility index (Phi) is 3.52. The molecule has 17 heavy (non-hydrogen) atoms. The van der Waals surface area contributed by atoms with Crippen molar-refractivity contribution in [1.29, 1.82) is 0 Å². The van der Waals surface area contributed by atoms with Crippen molar-refractivity contribution in [3.8, 4) is 0 Å². The lowest BCUT2D eigenvalue weighted by Gasteiger charge is -2.27. The minimum Gasteiger partial charge on any atom is -0.394 e. The Balaban J connectivity index is 2.21. The van der Waals surface area contributed by atoms with Crippen molar-refractivity contribution in [3.63, 3.8) is 0 Å². The van der Waals surface area contributed by atoms with Crippen LogP contribution in [0.2, 0.25) is 0 Å². The molecule has 1 atom stereocenters. The quantitative estimate of drug-likeness (QED) is 0.742. The molecule has 0 bridgehead atoms. The fraction of sp³-hybridized carbons (Fsp3) is 0.846. The Morgan fingerprint density at radius 2 is 1.82 bits per heavy atom. The fourth-order valence-corrected chi connectivity index (χ4v) is 3.14. The standard InChI is InChI=1S/C13H21NO3/c1-10(9-15)14-11(16)8-13(12(14)17)6-4-2-3-5-7-13/h10,15H,2-9H2,1H3/t10-/m1/s1. The van der Waals surface area contributed by atoms with Gasteiger partial charge in [0.2, 0.25) is 11.8 Å². The summed E-state index contributed by atoms with van der Waals surface area (Å²) in [7, 11) is 0. The van der Waals surface area contributed by atoms with Gasteiger partial charge in [0.15, 0.2) is 0 Å². The zero-order valence-electron chi connectivity index (χ0n) is 10.4. The van der Waals surface area contributed by atoms with E-state index >= 15 is 0 Å². The van der Waals surface area contributed by atoms with Crippen molar-refractivity contribution in [2.24, 2.45) is 5.41 Å². The Labute approximate surface area is 102 Å². The third-order valence-corrected chi connectivity index (χ3v) is 4.20. The number of rotatable bonds is 2. The number of amides is 2. The maximum Gasteiger partial charge on any atom is 0.236 e. The van der Waals surface area contributed by atoms with E-state index in [1.54, 1.807) is 6.92 Å². The van der Waals surface area contributed by atoms with Crippen molar-refractivity contribution in [2.45, 2.75) is 57.9 Å². The third kappa shape index (κ3) is 2.10. The van der Waals surface area contributed by atoms with Crippen LogP contribution in [-0.2, 0) is 9.59 Å². The zero-order valence-corrected chi connectivity index (χ0v) is 10.4. The monoisotopic (exact) mass is 239 g/mol. The molecular formula is C13H21NO3. The molecule has 1 aliphatic heterocycles. The lowest BCUT2D eigenvalue weighted by Crippen LogP contribution is -2.42. The predicted octanol–water partition coefficient (Wildman–Crippen LogP) is 1.47. The average molecular weight is 239 g/mol. The number of carbonyl (C=O) groups excluding carboxylic acids is 2. The molecule has 2 amide bonds. The van der Waals surface area contributed by atoms with Crippen LogP contribution in [0.3, 0.4) is 0 Å². The van der Waals surface area contributed by atoms with E-state index < -0.39 is 5.41 Å². The second kappa shape index (κ2) is 4.77. The number of hydrogen-bond donors (Lipinski definition) is 1. The van der Waals surface area contributed by atoms with Crippen LogP contribution < -0.4 is 0 Å². The minimum atomic E-state index is -0.434. The molecule has 4 heteroatoms. The zero-order chi connectivity index (χ0) is 12.5. The normalized spacial score (nSPS) is 26.4. The smallest absolute Gasteiger partial charge is 0.236 e. The first kappa shape index (κ1) is 12.6. The van der Waals surface area contributed by atoms with E-state index in [0.29, 0.717) is 6.42 Å². The molecule has 1 spiro atoms. The first-order valence-electron chi connectivity index (χ1n) is 6.58. The van der Waals surface area contributed by atoms with Crippen molar-refractivity contribution in [2.75, 3.05) is 6.61 Å². The Hall–Kier alpha value is -0.900. The van der Waals surface area contributed by atoms with Crippen LogP contribution in [0.25, 0.3) is 0 Å². The first-order valence-corrected chi connectivity index (χ1v) is 6.58. The predicted molar refractivity (Wildman–Crippen MR) is 63.2 cm³/mol. The molecule has 4 nitrogen and oxygen atoms in total.